The molecule has 0 saturated heterocycles. The molecule has 88 valence electrons. The van der Waals surface area contributed by atoms with Gasteiger partial charge in [-0.2, -0.15) is 0 Å². The summed E-state index contributed by atoms with van der Waals surface area (Å²) in [7, 11) is 3.97. The Morgan fingerprint density at radius 3 is 2.38 bits per heavy atom. The van der Waals surface area contributed by atoms with Gasteiger partial charge in [-0.25, -0.2) is 0 Å². The van der Waals surface area contributed by atoms with E-state index >= 15 is 0 Å². The Kier molecular flexibility index (Phi) is 4.53. The predicted molar refractivity (Wildman–Crippen MR) is 69.2 cm³/mol. The number of hydrogen-bond donors (Lipinski definition) is 0. The molecule has 0 atom stereocenters. The Hall–Kier alpha value is -1.31. The van der Waals surface area contributed by atoms with Gasteiger partial charge in [-0.3, -0.25) is 4.79 Å². The highest BCUT2D eigenvalue weighted by molar-refractivity contribution is 5.98. The molecule has 16 heavy (non-hydrogen) atoms. The van der Waals surface area contributed by atoms with E-state index in [1.165, 1.54) is 0 Å². The Labute approximate surface area is 98.3 Å². The van der Waals surface area contributed by atoms with Gasteiger partial charge in [-0.1, -0.05) is 26.0 Å². The minimum absolute atomic E-state index is 0.164. The van der Waals surface area contributed by atoms with Crippen LogP contribution in [-0.2, 0) is 0 Å². The standard InChI is InChI=1S/C14H21NO/c1-5-11(6-2)14(16)12-8-7-9-13(10-12)15(3)4/h7-11H,5-6H2,1-4H3. The van der Waals surface area contributed by atoms with Crippen molar-refractivity contribution >= 4 is 11.5 Å². The average molecular weight is 219 g/mol. The summed E-state index contributed by atoms with van der Waals surface area (Å²) in [6, 6.07) is 7.85. The van der Waals surface area contributed by atoms with Crippen LogP contribution >= 0.6 is 0 Å². The number of rotatable bonds is 5. The Morgan fingerprint density at radius 2 is 1.88 bits per heavy atom. The quantitative estimate of drug-likeness (QED) is 0.708. The molecule has 0 fully saturated rings. The first-order valence-corrected chi connectivity index (χ1v) is 5.91. The minimum Gasteiger partial charge on any atom is -0.378 e. The van der Waals surface area contributed by atoms with E-state index in [4.69, 9.17) is 0 Å². The summed E-state index contributed by atoms with van der Waals surface area (Å²) in [5.74, 6) is 0.436. The molecule has 0 spiro atoms. The predicted octanol–water partition coefficient (Wildman–Crippen LogP) is 3.37. The summed E-state index contributed by atoms with van der Waals surface area (Å²) in [6.07, 6.45) is 1.84. The second-order valence-corrected chi connectivity index (χ2v) is 4.32. The number of carbonyl (C=O) groups is 1. The molecule has 0 aliphatic heterocycles. The molecule has 0 N–H and O–H groups in total. The van der Waals surface area contributed by atoms with E-state index in [0.717, 1.165) is 24.1 Å². The fourth-order valence-corrected chi connectivity index (χ4v) is 1.83. The maximum atomic E-state index is 12.2. The monoisotopic (exact) mass is 219 g/mol. The number of benzene rings is 1. The lowest BCUT2D eigenvalue weighted by Gasteiger charge is -2.15. The number of Topliss-reactive ketones (excluding diaryl/α,β-unsaturated/α-hetero) is 1. The van der Waals surface area contributed by atoms with Crippen LogP contribution in [0.25, 0.3) is 0 Å². The van der Waals surface area contributed by atoms with Gasteiger partial charge in [0.15, 0.2) is 5.78 Å². The van der Waals surface area contributed by atoms with Crippen LogP contribution in [0.3, 0.4) is 0 Å². The van der Waals surface area contributed by atoms with Gasteiger partial charge < -0.3 is 4.90 Å². The molecule has 2 nitrogen and oxygen atoms in total. The van der Waals surface area contributed by atoms with E-state index in [1.807, 2.05) is 43.3 Å². The highest BCUT2D eigenvalue weighted by atomic mass is 16.1. The first-order chi connectivity index (χ1) is 7.60. The van der Waals surface area contributed by atoms with Gasteiger partial charge in [0.1, 0.15) is 0 Å². The van der Waals surface area contributed by atoms with Crippen LogP contribution in [0.2, 0.25) is 0 Å². The molecule has 0 aliphatic carbocycles. The number of carbonyl (C=O) groups excluding carboxylic acids is 1. The van der Waals surface area contributed by atoms with Gasteiger partial charge in [-0.15, -0.1) is 0 Å². The molecule has 2 heteroatoms. The van der Waals surface area contributed by atoms with Gasteiger partial charge in [0.2, 0.25) is 0 Å². The molecule has 0 amide bonds. The normalized spacial score (nSPS) is 10.6. The maximum Gasteiger partial charge on any atom is 0.165 e. The number of nitrogens with zero attached hydrogens (tertiary/aromatic N) is 1. The van der Waals surface area contributed by atoms with Crippen LogP contribution in [0, 0.1) is 5.92 Å². The van der Waals surface area contributed by atoms with E-state index in [-0.39, 0.29) is 11.7 Å². The van der Waals surface area contributed by atoms with E-state index in [0.29, 0.717) is 0 Å². The van der Waals surface area contributed by atoms with Crippen molar-refractivity contribution in [2.24, 2.45) is 5.92 Å². The first-order valence-electron chi connectivity index (χ1n) is 5.91. The molecule has 0 radical (unpaired) electrons. The highest BCUT2D eigenvalue weighted by Crippen LogP contribution is 2.19. The van der Waals surface area contributed by atoms with Gasteiger partial charge in [0.05, 0.1) is 0 Å². The fourth-order valence-electron chi connectivity index (χ4n) is 1.83. The first kappa shape index (κ1) is 12.8. The highest BCUT2D eigenvalue weighted by Gasteiger charge is 2.16. The van der Waals surface area contributed by atoms with Crippen molar-refractivity contribution in [2.45, 2.75) is 26.7 Å². The van der Waals surface area contributed by atoms with Gasteiger partial charge in [-0.05, 0) is 25.0 Å². The lowest BCUT2D eigenvalue weighted by molar-refractivity contribution is 0.0913. The molecule has 1 rings (SSSR count). The molecule has 1 aromatic rings. The Morgan fingerprint density at radius 1 is 1.25 bits per heavy atom. The summed E-state index contributed by atoms with van der Waals surface area (Å²) in [5, 5.41) is 0. The molecule has 1 aromatic carbocycles. The summed E-state index contributed by atoms with van der Waals surface area (Å²) >= 11 is 0. The molecule has 0 aliphatic rings. The number of ketones is 1. The lowest BCUT2D eigenvalue weighted by atomic mass is 9.93. The molecule has 0 unspecified atom stereocenters. The van der Waals surface area contributed by atoms with Crippen LogP contribution in [0.1, 0.15) is 37.0 Å². The van der Waals surface area contributed by atoms with Crippen LogP contribution < -0.4 is 4.90 Å². The maximum absolute atomic E-state index is 12.2. The van der Waals surface area contributed by atoms with E-state index in [1.54, 1.807) is 0 Å². The van der Waals surface area contributed by atoms with E-state index in [9.17, 15) is 4.79 Å². The molecular formula is C14H21NO. The Balaban J connectivity index is 2.95. The van der Waals surface area contributed by atoms with Crippen molar-refractivity contribution in [1.82, 2.24) is 0 Å². The molecular weight excluding hydrogens is 198 g/mol. The molecule has 0 aromatic heterocycles. The smallest absolute Gasteiger partial charge is 0.165 e. The SMILES string of the molecule is CCC(CC)C(=O)c1cccc(N(C)C)c1. The largest absolute Gasteiger partial charge is 0.378 e. The second-order valence-electron chi connectivity index (χ2n) is 4.32. The third kappa shape index (κ3) is 2.84. The zero-order chi connectivity index (χ0) is 12.1. The second kappa shape index (κ2) is 5.69. The summed E-state index contributed by atoms with van der Waals surface area (Å²) in [4.78, 5) is 14.2. The number of anilines is 1. The van der Waals surface area contributed by atoms with Crippen LogP contribution in [-0.4, -0.2) is 19.9 Å². The van der Waals surface area contributed by atoms with Crippen LogP contribution in [0.4, 0.5) is 5.69 Å². The molecule has 0 bridgehead atoms. The Bertz CT molecular complexity index is 354. The summed E-state index contributed by atoms with van der Waals surface area (Å²) in [6.45, 7) is 4.14. The van der Waals surface area contributed by atoms with E-state index in [2.05, 4.69) is 13.8 Å². The average Bonchev–Trinajstić information content (AvgIpc) is 2.30. The lowest BCUT2D eigenvalue weighted by Crippen LogP contribution is -2.14. The van der Waals surface area contributed by atoms with Gasteiger partial charge >= 0.3 is 0 Å². The van der Waals surface area contributed by atoms with Crippen molar-refractivity contribution < 1.29 is 4.79 Å². The third-order valence-electron chi connectivity index (χ3n) is 3.00. The van der Waals surface area contributed by atoms with Crippen molar-refractivity contribution in [1.29, 1.82) is 0 Å². The van der Waals surface area contributed by atoms with Crippen molar-refractivity contribution in [3.8, 4) is 0 Å². The zero-order valence-electron chi connectivity index (χ0n) is 10.7. The third-order valence-corrected chi connectivity index (χ3v) is 3.00. The van der Waals surface area contributed by atoms with Crippen molar-refractivity contribution in [3.05, 3.63) is 29.8 Å². The minimum atomic E-state index is 0.164. The van der Waals surface area contributed by atoms with Gasteiger partial charge in [0.25, 0.3) is 0 Å². The van der Waals surface area contributed by atoms with E-state index < -0.39 is 0 Å². The van der Waals surface area contributed by atoms with Gasteiger partial charge in [0, 0.05) is 31.3 Å². The van der Waals surface area contributed by atoms with Crippen molar-refractivity contribution in [3.63, 3.8) is 0 Å². The van der Waals surface area contributed by atoms with Crippen LogP contribution in [0.5, 0.6) is 0 Å². The topological polar surface area (TPSA) is 20.3 Å². The molecule has 0 heterocycles. The van der Waals surface area contributed by atoms with Crippen molar-refractivity contribution in [2.75, 3.05) is 19.0 Å². The van der Waals surface area contributed by atoms with Crippen LogP contribution in [0.15, 0.2) is 24.3 Å². The molecule has 0 saturated carbocycles. The zero-order valence-corrected chi connectivity index (χ0v) is 10.7. The fraction of sp³-hybridized carbons (Fsp3) is 0.500. The summed E-state index contributed by atoms with van der Waals surface area (Å²) < 4.78 is 0. The number of hydrogen-bond acceptors (Lipinski definition) is 2. The summed E-state index contributed by atoms with van der Waals surface area (Å²) in [5.41, 5.74) is 1.91.